The van der Waals surface area contributed by atoms with Crippen molar-refractivity contribution in [2.24, 2.45) is 0 Å². The molecule has 31 heavy (non-hydrogen) atoms. The minimum Gasteiger partial charge on any atom is -0.497 e. The molecule has 0 radical (unpaired) electrons. The standard InChI is InChI=1S/C24H32N2O5/c1-16(25-23(27)15-28-2)24-20-13-22(31-5)21(30-4)12-18(20)10-11-26(24)14-17-6-8-19(29-3)9-7-17/h6-9,12-13,16,24H,10-11,14-15H2,1-5H3,(H,25,27)/t16-,24-/m1/s1. The van der Waals surface area contributed by atoms with Crippen LogP contribution in [0.4, 0.5) is 0 Å². The van der Waals surface area contributed by atoms with Crippen LogP contribution in [0.3, 0.4) is 0 Å². The second-order valence-corrected chi connectivity index (χ2v) is 7.71. The molecule has 2 atom stereocenters. The van der Waals surface area contributed by atoms with E-state index in [1.807, 2.05) is 25.1 Å². The number of methoxy groups -OCH3 is 4. The Bertz CT molecular complexity index is 884. The fraction of sp³-hybridized carbons (Fsp3) is 0.458. The van der Waals surface area contributed by atoms with Crippen molar-refractivity contribution in [2.75, 3.05) is 41.6 Å². The van der Waals surface area contributed by atoms with E-state index in [4.69, 9.17) is 18.9 Å². The highest BCUT2D eigenvalue weighted by Crippen LogP contribution is 2.40. The van der Waals surface area contributed by atoms with Gasteiger partial charge >= 0.3 is 0 Å². The Morgan fingerprint density at radius 1 is 1.06 bits per heavy atom. The third-order valence-corrected chi connectivity index (χ3v) is 5.71. The van der Waals surface area contributed by atoms with Gasteiger partial charge in [-0.1, -0.05) is 12.1 Å². The quantitative estimate of drug-likeness (QED) is 0.662. The molecule has 0 unspecified atom stereocenters. The summed E-state index contributed by atoms with van der Waals surface area (Å²) in [6, 6.07) is 12.0. The highest BCUT2D eigenvalue weighted by atomic mass is 16.5. The van der Waals surface area contributed by atoms with Crippen molar-refractivity contribution in [1.82, 2.24) is 10.2 Å². The number of nitrogens with zero attached hydrogens (tertiary/aromatic N) is 1. The molecule has 168 valence electrons. The summed E-state index contributed by atoms with van der Waals surface area (Å²) in [7, 11) is 6.47. The summed E-state index contributed by atoms with van der Waals surface area (Å²) in [6.07, 6.45) is 0.890. The molecule has 3 rings (SSSR count). The molecule has 0 saturated carbocycles. The number of hydrogen-bond donors (Lipinski definition) is 1. The van der Waals surface area contributed by atoms with Gasteiger partial charge in [0.2, 0.25) is 5.91 Å². The number of carbonyl (C=O) groups is 1. The van der Waals surface area contributed by atoms with Gasteiger partial charge in [-0.2, -0.15) is 0 Å². The van der Waals surface area contributed by atoms with E-state index in [-0.39, 0.29) is 24.6 Å². The van der Waals surface area contributed by atoms with Gasteiger partial charge < -0.3 is 24.3 Å². The summed E-state index contributed by atoms with van der Waals surface area (Å²) >= 11 is 0. The van der Waals surface area contributed by atoms with E-state index in [1.165, 1.54) is 18.2 Å². The van der Waals surface area contributed by atoms with Gasteiger partial charge in [0.25, 0.3) is 0 Å². The number of benzene rings is 2. The average molecular weight is 429 g/mol. The first-order chi connectivity index (χ1) is 15.0. The molecule has 7 nitrogen and oxygen atoms in total. The van der Waals surface area contributed by atoms with Crippen LogP contribution in [0.15, 0.2) is 36.4 Å². The molecule has 0 fully saturated rings. The van der Waals surface area contributed by atoms with Crippen LogP contribution < -0.4 is 19.5 Å². The third-order valence-electron chi connectivity index (χ3n) is 5.71. The van der Waals surface area contributed by atoms with Gasteiger partial charge in [-0.3, -0.25) is 9.69 Å². The maximum absolute atomic E-state index is 12.3. The lowest BCUT2D eigenvalue weighted by Gasteiger charge is -2.41. The van der Waals surface area contributed by atoms with E-state index in [2.05, 4.69) is 28.4 Å². The van der Waals surface area contributed by atoms with E-state index in [1.54, 1.807) is 21.3 Å². The first-order valence-electron chi connectivity index (χ1n) is 10.4. The highest BCUT2D eigenvalue weighted by Gasteiger charge is 2.33. The van der Waals surface area contributed by atoms with Gasteiger partial charge in [0.1, 0.15) is 12.4 Å². The summed E-state index contributed by atoms with van der Waals surface area (Å²) in [5.41, 5.74) is 3.54. The molecule has 1 aliphatic rings. The van der Waals surface area contributed by atoms with Crippen LogP contribution in [-0.2, 0) is 22.5 Å². The summed E-state index contributed by atoms with van der Waals surface area (Å²) in [4.78, 5) is 14.7. The zero-order valence-electron chi connectivity index (χ0n) is 18.9. The molecule has 7 heteroatoms. The van der Waals surface area contributed by atoms with Crippen LogP contribution in [0.5, 0.6) is 17.2 Å². The van der Waals surface area contributed by atoms with Crippen molar-refractivity contribution in [3.8, 4) is 17.2 Å². The summed E-state index contributed by atoms with van der Waals surface area (Å²) in [5, 5.41) is 3.09. The lowest BCUT2D eigenvalue weighted by Crippen LogP contribution is -2.48. The molecule has 1 aliphatic heterocycles. The smallest absolute Gasteiger partial charge is 0.246 e. The number of rotatable bonds is 9. The zero-order valence-corrected chi connectivity index (χ0v) is 18.9. The second kappa shape index (κ2) is 10.5. The van der Waals surface area contributed by atoms with Crippen molar-refractivity contribution in [3.63, 3.8) is 0 Å². The van der Waals surface area contributed by atoms with Crippen LogP contribution >= 0.6 is 0 Å². The van der Waals surface area contributed by atoms with Crippen molar-refractivity contribution in [1.29, 1.82) is 0 Å². The minimum atomic E-state index is -0.132. The highest BCUT2D eigenvalue weighted by molar-refractivity contribution is 5.77. The van der Waals surface area contributed by atoms with Gasteiger partial charge in [0.15, 0.2) is 11.5 Å². The Morgan fingerprint density at radius 3 is 2.35 bits per heavy atom. The molecule has 2 aromatic carbocycles. The Labute approximate surface area is 184 Å². The normalized spacial score (nSPS) is 16.9. The van der Waals surface area contributed by atoms with Crippen LogP contribution in [0.2, 0.25) is 0 Å². The van der Waals surface area contributed by atoms with Gasteiger partial charge in [0, 0.05) is 26.2 Å². The summed E-state index contributed by atoms with van der Waals surface area (Å²) < 4.78 is 21.3. The fourth-order valence-electron chi connectivity index (χ4n) is 4.26. The Morgan fingerprint density at radius 2 is 1.74 bits per heavy atom. The predicted molar refractivity (Wildman–Crippen MR) is 119 cm³/mol. The summed E-state index contributed by atoms with van der Waals surface area (Å²) in [5.74, 6) is 2.11. The monoisotopic (exact) mass is 428 g/mol. The molecular formula is C24H32N2O5. The Kier molecular flexibility index (Phi) is 7.76. The number of amides is 1. The van der Waals surface area contributed by atoms with Gasteiger partial charge in [-0.05, 0) is 54.3 Å². The molecule has 1 heterocycles. The fourth-order valence-corrected chi connectivity index (χ4v) is 4.26. The number of fused-ring (bicyclic) bond motifs is 1. The Balaban J connectivity index is 1.95. The number of carbonyl (C=O) groups excluding carboxylic acids is 1. The minimum absolute atomic E-state index is 0.0218. The van der Waals surface area contributed by atoms with Crippen molar-refractivity contribution in [3.05, 3.63) is 53.1 Å². The van der Waals surface area contributed by atoms with E-state index in [9.17, 15) is 4.79 Å². The second-order valence-electron chi connectivity index (χ2n) is 7.71. The van der Waals surface area contributed by atoms with Crippen molar-refractivity contribution in [2.45, 2.75) is 32.0 Å². The van der Waals surface area contributed by atoms with E-state index in [0.717, 1.165) is 36.6 Å². The average Bonchev–Trinajstić information content (AvgIpc) is 2.78. The number of nitrogens with one attached hydrogen (secondary N) is 1. The van der Waals surface area contributed by atoms with E-state index < -0.39 is 0 Å². The molecule has 0 saturated heterocycles. The van der Waals surface area contributed by atoms with Crippen LogP contribution in [-0.4, -0.2) is 58.4 Å². The molecule has 0 bridgehead atoms. The van der Waals surface area contributed by atoms with Crippen LogP contribution in [0.1, 0.15) is 29.7 Å². The summed E-state index contributed by atoms with van der Waals surface area (Å²) in [6.45, 7) is 3.69. The largest absolute Gasteiger partial charge is 0.497 e. The van der Waals surface area contributed by atoms with Gasteiger partial charge in [-0.25, -0.2) is 0 Å². The molecule has 1 amide bonds. The number of hydrogen-bond acceptors (Lipinski definition) is 6. The molecule has 0 aromatic heterocycles. The maximum Gasteiger partial charge on any atom is 0.246 e. The lowest BCUT2D eigenvalue weighted by molar-refractivity contribution is -0.125. The van der Waals surface area contributed by atoms with E-state index in [0.29, 0.717) is 5.75 Å². The molecular weight excluding hydrogens is 396 g/mol. The third kappa shape index (κ3) is 5.29. The van der Waals surface area contributed by atoms with Gasteiger partial charge in [0.05, 0.1) is 27.4 Å². The van der Waals surface area contributed by atoms with Gasteiger partial charge in [-0.15, -0.1) is 0 Å². The molecule has 2 aromatic rings. The SMILES string of the molecule is COCC(=O)N[C@H](C)[C@@H]1c2cc(OC)c(OC)cc2CCN1Cc1ccc(OC)cc1. The van der Waals surface area contributed by atoms with Crippen LogP contribution in [0.25, 0.3) is 0 Å². The molecule has 0 spiro atoms. The van der Waals surface area contributed by atoms with Crippen molar-refractivity contribution >= 4 is 5.91 Å². The van der Waals surface area contributed by atoms with Crippen LogP contribution in [0, 0.1) is 0 Å². The molecule has 0 aliphatic carbocycles. The zero-order chi connectivity index (χ0) is 22.4. The first-order valence-corrected chi connectivity index (χ1v) is 10.4. The van der Waals surface area contributed by atoms with E-state index >= 15 is 0 Å². The molecule has 1 N–H and O–H groups in total. The first kappa shape index (κ1) is 22.9. The number of ether oxygens (including phenoxy) is 4. The van der Waals surface area contributed by atoms with Crippen molar-refractivity contribution < 1.29 is 23.7 Å². The Hall–Kier alpha value is -2.77. The predicted octanol–water partition coefficient (Wildman–Crippen LogP) is 2.96. The maximum atomic E-state index is 12.3. The lowest BCUT2D eigenvalue weighted by atomic mass is 9.87. The topological polar surface area (TPSA) is 69.3 Å².